The molecule has 0 aliphatic carbocycles. The Kier molecular flexibility index (Phi) is 6.97. The van der Waals surface area contributed by atoms with Crippen LogP contribution in [0.1, 0.15) is 49.7 Å². The fraction of sp³-hybridized carbons (Fsp3) is 0.435. The van der Waals surface area contributed by atoms with Gasteiger partial charge in [-0.3, -0.25) is 14.6 Å². The number of aromatic nitrogens is 1. The SMILES string of the molecule is CCOc1c([C@H]2[C@H](C(=O)Nc3ccnc(C(C)=O)c3)O[C@@](C)(C(F)(F)F)[C@H]2C)ccc(F)c1F. The maximum Gasteiger partial charge on any atom is 0.417 e. The Morgan fingerprint density at radius 1 is 1.24 bits per heavy atom. The molecular formula is C23H23F5N2O4. The number of nitrogens with zero attached hydrogens (tertiary/aromatic N) is 1. The first kappa shape index (κ1) is 25.5. The molecule has 3 rings (SSSR count). The number of halogens is 5. The van der Waals surface area contributed by atoms with Crippen molar-refractivity contribution >= 4 is 17.4 Å². The molecular weight excluding hydrogens is 463 g/mol. The van der Waals surface area contributed by atoms with E-state index in [1.165, 1.54) is 39.1 Å². The van der Waals surface area contributed by atoms with E-state index in [0.29, 0.717) is 0 Å². The van der Waals surface area contributed by atoms with Gasteiger partial charge in [0.25, 0.3) is 5.91 Å². The highest BCUT2D eigenvalue weighted by molar-refractivity contribution is 5.97. The van der Waals surface area contributed by atoms with Gasteiger partial charge in [-0.1, -0.05) is 13.0 Å². The van der Waals surface area contributed by atoms with Gasteiger partial charge in [0.15, 0.2) is 23.0 Å². The van der Waals surface area contributed by atoms with Crippen molar-refractivity contribution in [2.45, 2.75) is 51.5 Å². The molecule has 184 valence electrons. The molecule has 0 bridgehead atoms. The largest absolute Gasteiger partial charge is 0.490 e. The van der Waals surface area contributed by atoms with Crippen LogP contribution >= 0.6 is 0 Å². The Bertz CT molecular complexity index is 1110. The standard InChI is InChI=1S/C23H23F5N2O4/c1-5-33-19-14(6-7-15(24)18(19)25)17-11(2)22(4,23(26,27)28)34-20(17)21(32)30-13-8-9-29-16(10-13)12(3)31/h6-11,17,20H,5H2,1-4H3,(H,29,30,32)/t11-,17-,20+,22+/m0/s1. The lowest BCUT2D eigenvalue weighted by atomic mass is 9.77. The topological polar surface area (TPSA) is 77.5 Å². The van der Waals surface area contributed by atoms with Crippen LogP contribution < -0.4 is 10.1 Å². The Hall–Kier alpha value is -3.08. The summed E-state index contributed by atoms with van der Waals surface area (Å²) in [5.74, 6) is -7.24. The van der Waals surface area contributed by atoms with Crippen molar-refractivity contribution < 1.29 is 41.0 Å². The highest BCUT2D eigenvalue weighted by Gasteiger charge is 2.65. The Morgan fingerprint density at radius 2 is 1.91 bits per heavy atom. The van der Waals surface area contributed by atoms with Gasteiger partial charge in [-0.15, -0.1) is 0 Å². The summed E-state index contributed by atoms with van der Waals surface area (Å²) in [4.78, 5) is 28.6. The Balaban J connectivity index is 2.09. The van der Waals surface area contributed by atoms with Crippen molar-refractivity contribution in [3.05, 3.63) is 53.4 Å². The third-order valence-electron chi connectivity index (χ3n) is 6.04. The molecule has 1 aliphatic heterocycles. The van der Waals surface area contributed by atoms with E-state index < -0.39 is 53.0 Å². The van der Waals surface area contributed by atoms with Crippen LogP contribution in [0.25, 0.3) is 0 Å². The Morgan fingerprint density at radius 3 is 2.50 bits per heavy atom. The van der Waals surface area contributed by atoms with E-state index >= 15 is 0 Å². The summed E-state index contributed by atoms with van der Waals surface area (Å²) in [5, 5.41) is 2.43. The molecule has 0 unspecified atom stereocenters. The molecule has 2 aromatic rings. The number of benzene rings is 1. The third-order valence-corrected chi connectivity index (χ3v) is 6.04. The molecule has 4 atom stereocenters. The van der Waals surface area contributed by atoms with Crippen LogP contribution in [0, 0.1) is 17.6 Å². The number of pyridine rings is 1. The first-order valence-electron chi connectivity index (χ1n) is 10.4. The number of amides is 1. The van der Waals surface area contributed by atoms with Gasteiger partial charge < -0.3 is 14.8 Å². The van der Waals surface area contributed by atoms with Crippen molar-refractivity contribution in [2.75, 3.05) is 11.9 Å². The van der Waals surface area contributed by atoms with Crippen LogP contribution in [0.5, 0.6) is 5.75 Å². The fourth-order valence-corrected chi connectivity index (χ4v) is 4.04. The van der Waals surface area contributed by atoms with E-state index in [1.807, 2.05) is 0 Å². The summed E-state index contributed by atoms with van der Waals surface area (Å²) >= 11 is 0. The van der Waals surface area contributed by atoms with Crippen molar-refractivity contribution in [1.29, 1.82) is 0 Å². The minimum atomic E-state index is -4.87. The van der Waals surface area contributed by atoms with Gasteiger partial charge in [0, 0.05) is 36.2 Å². The molecule has 6 nitrogen and oxygen atoms in total. The van der Waals surface area contributed by atoms with Crippen LogP contribution in [0.3, 0.4) is 0 Å². The number of carbonyl (C=O) groups is 2. The second-order valence-electron chi connectivity index (χ2n) is 8.15. The number of Topliss-reactive ketones (excluding diaryl/α,β-unsaturated/α-hetero) is 1. The molecule has 1 aliphatic rings. The first-order chi connectivity index (χ1) is 15.8. The summed E-state index contributed by atoms with van der Waals surface area (Å²) in [5.41, 5.74) is -2.75. The highest BCUT2D eigenvalue weighted by Crippen LogP contribution is 2.55. The number of nitrogens with one attached hydrogen (secondary N) is 1. The molecule has 1 aromatic carbocycles. The number of ketones is 1. The van der Waals surface area contributed by atoms with E-state index in [1.54, 1.807) is 0 Å². The number of hydrogen-bond acceptors (Lipinski definition) is 5. The molecule has 1 saturated heterocycles. The Labute approximate surface area is 192 Å². The maximum absolute atomic E-state index is 14.5. The molecule has 1 N–H and O–H groups in total. The van der Waals surface area contributed by atoms with Crippen molar-refractivity contribution in [1.82, 2.24) is 4.98 Å². The molecule has 11 heteroatoms. The predicted molar refractivity (Wildman–Crippen MR) is 112 cm³/mol. The van der Waals surface area contributed by atoms with Gasteiger partial charge in [0.2, 0.25) is 5.82 Å². The third kappa shape index (κ3) is 4.48. The maximum atomic E-state index is 14.5. The van der Waals surface area contributed by atoms with E-state index in [2.05, 4.69) is 10.3 Å². The van der Waals surface area contributed by atoms with Crippen LogP contribution in [-0.4, -0.2) is 41.2 Å². The average molecular weight is 486 g/mol. The van der Waals surface area contributed by atoms with Gasteiger partial charge in [-0.2, -0.15) is 17.6 Å². The van der Waals surface area contributed by atoms with Crippen LogP contribution in [0.2, 0.25) is 0 Å². The number of rotatable bonds is 6. The average Bonchev–Trinajstić information content (AvgIpc) is 3.04. The number of anilines is 1. The summed E-state index contributed by atoms with van der Waals surface area (Å²) in [7, 11) is 0. The molecule has 0 radical (unpaired) electrons. The molecule has 2 heterocycles. The van der Waals surface area contributed by atoms with Gasteiger partial charge in [-0.05, 0) is 32.0 Å². The second-order valence-corrected chi connectivity index (χ2v) is 8.15. The normalized spacial score (nSPS) is 24.7. The smallest absolute Gasteiger partial charge is 0.417 e. The summed E-state index contributed by atoms with van der Waals surface area (Å²) in [6, 6.07) is 4.47. The first-order valence-corrected chi connectivity index (χ1v) is 10.4. The van der Waals surface area contributed by atoms with E-state index in [9.17, 15) is 31.5 Å². The highest BCUT2D eigenvalue weighted by atomic mass is 19.4. The number of carbonyl (C=O) groups excluding carboxylic acids is 2. The molecule has 0 saturated carbocycles. The number of hydrogen-bond donors (Lipinski definition) is 1. The minimum Gasteiger partial charge on any atom is -0.490 e. The van der Waals surface area contributed by atoms with Crippen molar-refractivity contribution in [2.24, 2.45) is 5.92 Å². The van der Waals surface area contributed by atoms with Crippen LogP contribution in [-0.2, 0) is 9.53 Å². The molecule has 34 heavy (non-hydrogen) atoms. The van der Waals surface area contributed by atoms with Gasteiger partial charge >= 0.3 is 6.18 Å². The van der Waals surface area contributed by atoms with Crippen LogP contribution in [0.4, 0.5) is 27.6 Å². The lowest BCUT2D eigenvalue weighted by Gasteiger charge is -2.32. The van der Waals surface area contributed by atoms with Gasteiger partial charge in [0.05, 0.1) is 6.61 Å². The van der Waals surface area contributed by atoms with E-state index in [4.69, 9.17) is 9.47 Å². The van der Waals surface area contributed by atoms with Crippen molar-refractivity contribution in [3.8, 4) is 5.75 Å². The molecule has 1 aromatic heterocycles. The lowest BCUT2D eigenvalue weighted by Crippen LogP contribution is -2.47. The van der Waals surface area contributed by atoms with E-state index in [-0.39, 0.29) is 29.3 Å². The summed E-state index contributed by atoms with van der Waals surface area (Å²) in [6.07, 6.45) is -5.35. The zero-order chi connectivity index (χ0) is 25.4. The lowest BCUT2D eigenvalue weighted by molar-refractivity contribution is -0.272. The number of ether oxygens (including phenoxy) is 2. The van der Waals surface area contributed by atoms with E-state index in [0.717, 1.165) is 19.1 Å². The zero-order valence-corrected chi connectivity index (χ0v) is 18.8. The predicted octanol–water partition coefficient (Wildman–Crippen LogP) is 5.04. The monoisotopic (exact) mass is 486 g/mol. The zero-order valence-electron chi connectivity index (χ0n) is 18.8. The molecule has 1 fully saturated rings. The molecule has 0 spiro atoms. The fourth-order valence-electron chi connectivity index (χ4n) is 4.04. The van der Waals surface area contributed by atoms with Gasteiger partial charge in [0.1, 0.15) is 11.8 Å². The van der Waals surface area contributed by atoms with Crippen LogP contribution in [0.15, 0.2) is 30.5 Å². The summed E-state index contributed by atoms with van der Waals surface area (Å²) < 4.78 is 81.0. The quantitative estimate of drug-likeness (QED) is 0.457. The summed E-state index contributed by atoms with van der Waals surface area (Å²) in [6.45, 7) is 4.70. The van der Waals surface area contributed by atoms with Gasteiger partial charge in [-0.25, -0.2) is 4.39 Å². The molecule has 1 amide bonds. The van der Waals surface area contributed by atoms with Crippen molar-refractivity contribution in [3.63, 3.8) is 0 Å². The minimum absolute atomic E-state index is 0.0365. The second kappa shape index (κ2) is 9.28. The number of alkyl halides is 3.